The Morgan fingerprint density at radius 1 is 1.45 bits per heavy atom. The van der Waals surface area contributed by atoms with Crippen LogP contribution in [0, 0.1) is 22.5 Å². The number of ether oxygens (including phenoxy) is 1. The van der Waals surface area contributed by atoms with Crippen molar-refractivity contribution in [1.82, 2.24) is 0 Å². The molecule has 1 aromatic carbocycles. The van der Waals surface area contributed by atoms with E-state index in [0.717, 1.165) is 19.3 Å². The molecule has 0 heterocycles. The van der Waals surface area contributed by atoms with Crippen LogP contribution in [-0.2, 0) is 0 Å². The molecule has 0 aliphatic carbocycles. The SMILES string of the molecule is C#CC(CCC)Nc1cccc(OCCC)c1[N+](=O)[O-]. The first-order valence-electron chi connectivity index (χ1n) is 6.76. The molecule has 0 fully saturated rings. The highest BCUT2D eigenvalue weighted by atomic mass is 16.6. The molecule has 0 aromatic heterocycles. The van der Waals surface area contributed by atoms with Gasteiger partial charge in [-0.1, -0.05) is 32.3 Å². The molecule has 0 aliphatic rings. The molecule has 0 bridgehead atoms. The lowest BCUT2D eigenvalue weighted by atomic mass is 10.1. The summed E-state index contributed by atoms with van der Waals surface area (Å²) in [6.07, 6.45) is 7.89. The van der Waals surface area contributed by atoms with Crippen LogP contribution < -0.4 is 10.1 Å². The Bertz CT molecular complexity index is 494. The highest BCUT2D eigenvalue weighted by Crippen LogP contribution is 2.35. The summed E-state index contributed by atoms with van der Waals surface area (Å²) >= 11 is 0. The van der Waals surface area contributed by atoms with Gasteiger partial charge in [-0.3, -0.25) is 10.1 Å². The van der Waals surface area contributed by atoms with E-state index in [1.54, 1.807) is 18.2 Å². The van der Waals surface area contributed by atoms with Crippen molar-refractivity contribution in [2.75, 3.05) is 11.9 Å². The number of nitrogens with one attached hydrogen (secondary N) is 1. The number of nitro benzene ring substituents is 1. The van der Waals surface area contributed by atoms with Crippen molar-refractivity contribution in [3.63, 3.8) is 0 Å². The maximum Gasteiger partial charge on any atom is 0.333 e. The van der Waals surface area contributed by atoms with Crippen LogP contribution in [0.15, 0.2) is 18.2 Å². The average molecular weight is 276 g/mol. The standard InChI is InChI=1S/C15H20N2O3/c1-4-8-12(6-3)16-13-9-7-10-14(20-11-5-2)15(13)17(18)19/h3,7,9-10,12,16H,4-5,8,11H2,1-2H3. The van der Waals surface area contributed by atoms with Crippen molar-refractivity contribution in [3.05, 3.63) is 28.3 Å². The van der Waals surface area contributed by atoms with Crippen LogP contribution in [0.2, 0.25) is 0 Å². The van der Waals surface area contributed by atoms with E-state index in [4.69, 9.17) is 11.2 Å². The summed E-state index contributed by atoms with van der Waals surface area (Å²) in [6, 6.07) is 4.75. The minimum Gasteiger partial charge on any atom is -0.487 e. The first-order chi connectivity index (χ1) is 9.63. The van der Waals surface area contributed by atoms with Crippen LogP contribution in [-0.4, -0.2) is 17.6 Å². The van der Waals surface area contributed by atoms with Gasteiger partial charge in [0.25, 0.3) is 0 Å². The Morgan fingerprint density at radius 3 is 2.75 bits per heavy atom. The molecule has 1 rings (SSSR count). The van der Waals surface area contributed by atoms with Gasteiger partial charge in [0.1, 0.15) is 5.69 Å². The monoisotopic (exact) mass is 276 g/mol. The van der Waals surface area contributed by atoms with Gasteiger partial charge in [-0.05, 0) is 25.0 Å². The fourth-order valence-corrected chi connectivity index (χ4v) is 1.83. The molecule has 0 radical (unpaired) electrons. The Labute approximate surface area is 119 Å². The summed E-state index contributed by atoms with van der Waals surface area (Å²) in [5.74, 6) is 2.88. The van der Waals surface area contributed by atoms with E-state index in [1.165, 1.54) is 0 Å². The van der Waals surface area contributed by atoms with E-state index < -0.39 is 4.92 Å². The highest BCUT2D eigenvalue weighted by Gasteiger charge is 2.22. The second-order valence-corrected chi connectivity index (χ2v) is 4.41. The zero-order chi connectivity index (χ0) is 15.0. The quantitative estimate of drug-likeness (QED) is 0.447. The molecule has 0 saturated heterocycles. The van der Waals surface area contributed by atoms with Gasteiger partial charge in [0.2, 0.25) is 0 Å². The molecular weight excluding hydrogens is 256 g/mol. The normalized spacial score (nSPS) is 11.4. The Hall–Kier alpha value is -2.22. The van der Waals surface area contributed by atoms with Gasteiger partial charge in [0, 0.05) is 0 Å². The number of nitro groups is 1. The van der Waals surface area contributed by atoms with Crippen LogP contribution in [0.4, 0.5) is 11.4 Å². The smallest absolute Gasteiger partial charge is 0.333 e. The Balaban J connectivity index is 3.06. The third-order valence-corrected chi connectivity index (χ3v) is 2.75. The van der Waals surface area contributed by atoms with Crippen molar-refractivity contribution in [1.29, 1.82) is 0 Å². The molecule has 0 amide bonds. The van der Waals surface area contributed by atoms with Crippen LogP contribution in [0.3, 0.4) is 0 Å². The number of nitrogens with zero attached hydrogens (tertiary/aromatic N) is 1. The van der Waals surface area contributed by atoms with Gasteiger partial charge in [-0.25, -0.2) is 0 Å². The molecular formula is C15H20N2O3. The van der Waals surface area contributed by atoms with Crippen molar-refractivity contribution in [2.45, 2.75) is 39.2 Å². The molecule has 1 N–H and O–H groups in total. The number of benzene rings is 1. The van der Waals surface area contributed by atoms with E-state index in [-0.39, 0.29) is 17.5 Å². The average Bonchev–Trinajstić information content (AvgIpc) is 2.44. The fraction of sp³-hybridized carbons (Fsp3) is 0.467. The minimum atomic E-state index is -0.438. The number of anilines is 1. The predicted octanol–water partition coefficient (Wildman–Crippen LogP) is 3.60. The lowest BCUT2D eigenvalue weighted by molar-refractivity contribution is -0.385. The topological polar surface area (TPSA) is 64.4 Å². The highest BCUT2D eigenvalue weighted by molar-refractivity contribution is 5.69. The van der Waals surface area contributed by atoms with Crippen molar-refractivity contribution < 1.29 is 9.66 Å². The molecule has 1 atom stereocenters. The van der Waals surface area contributed by atoms with Crippen LogP contribution >= 0.6 is 0 Å². The number of hydrogen-bond donors (Lipinski definition) is 1. The van der Waals surface area contributed by atoms with E-state index in [1.807, 2.05) is 13.8 Å². The van der Waals surface area contributed by atoms with E-state index >= 15 is 0 Å². The zero-order valence-electron chi connectivity index (χ0n) is 11.9. The molecule has 0 spiro atoms. The van der Waals surface area contributed by atoms with Crippen molar-refractivity contribution in [3.8, 4) is 18.1 Å². The van der Waals surface area contributed by atoms with Crippen molar-refractivity contribution in [2.24, 2.45) is 0 Å². The third kappa shape index (κ3) is 4.16. The van der Waals surface area contributed by atoms with Gasteiger partial charge in [-0.15, -0.1) is 6.42 Å². The number of rotatable bonds is 8. The molecule has 1 aromatic rings. The van der Waals surface area contributed by atoms with Crippen LogP contribution in [0.5, 0.6) is 5.75 Å². The summed E-state index contributed by atoms with van der Waals surface area (Å²) in [7, 11) is 0. The summed E-state index contributed by atoms with van der Waals surface area (Å²) in [4.78, 5) is 10.8. The Kier molecular flexibility index (Phi) is 6.38. The predicted molar refractivity (Wildman–Crippen MR) is 80.0 cm³/mol. The van der Waals surface area contributed by atoms with E-state index in [9.17, 15) is 10.1 Å². The number of hydrogen-bond acceptors (Lipinski definition) is 4. The van der Waals surface area contributed by atoms with E-state index in [0.29, 0.717) is 12.3 Å². The van der Waals surface area contributed by atoms with Gasteiger partial charge < -0.3 is 10.1 Å². The first-order valence-corrected chi connectivity index (χ1v) is 6.76. The molecule has 1 unspecified atom stereocenters. The maximum atomic E-state index is 11.3. The summed E-state index contributed by atoms with van der Waals surface area (Å²) < 4.78 is 5.43. The molecule has 108 valence electrons. The fourth-order valence-electron chi connectivity index (χ4n) is 1.83. The zero-order valence-corrected chi connectivity index (χ0v) is 11.9. The number of terminal acetylenes is 1. The van der Waals surface area contributed by atoms with Crippen molar-refractivity contribution >= 4 is 11.4 Å². The second kappa shape index (κ2) is 8.05. The van der Waals surface area contributed by atoms with E-state index in [2.05, 4.69) is 11.2 Å². The number of para-hydroxylation sites is 1. The van der Waals surface area contributed by atoms with Gasteiger partial charge in [0.05, 0.1) is 17.6 Å². The van der Waals surface area contributed by atoms with Crippen LogP contribution in [0.1, 0.15) is 33.1 Å². The van der Waals surface area contributed by atoms with Gasteiger partial charge in [0.15, 0.2) is 5.75 Å². The summed E-state index contributed by atoms with van der Waals surface area (Å²) in [6.45, 7) is 4.41. The summed E-state index contributed by atoms with van der Waals surface area (Å²) in [5, 5.41) is 14.3. The van der Waals surface area contributed by atoms with Gasteiger partial charge >= 0.3 is 5.69 Å². The van der Waals surface area contributed by atoms with Gasteiger partial charge in [-0.2, -0.15) is 0 Å². The molecule has 0 aliphatic heterocycles. The lowest BCUT2D eigenvalue weighted by Gasteiger charge is -2.15. The lowest BCUT2D eigenvalue weighted by Crippen LogP contribution is -2.17. The molecule has 0 saturated carbocycles. The molecule has 5 nitrogen and oxygen atoms in total. The largest absolute Gasteiger partial charge is 0.487 e. The third-order valence-electron chi connectivity index (χ3n) is 2.75. The second-order valence-electron chi connectivity index (χ2n) is 4.41. The molecule has 5 heteroatoms. The first kappa shape index (κ1) is 15.8. The minimum absolute atomic E-state index is 0.0581. The van der Waals surface area contributed by atoms with Crippen LogP contribution in [0.25, 0.3) is 0 Å². The Morgan fingerprint density at radius 2 is 2.20 bits per heavy atom. The maximum absolute atomic E-state index is 11.3. The summed E-state index contributed by atoms with van der Waals surface area (Å²) in [5.41, 5.74) is 0.345. The molecule has 20 heavy (non-hydrogen) atoms.